The molecule has 0 spiro atoms. The lowest BCUT2D eigenvalue weighted by Crippen LogP contribution is -2.29. The molecule has 2 rings (SSSR count). The zero-order chi connectivity index (χ0) is 9.97. The maximum atomic E-state index is 9.48. The summed E-state index contributed by atoms with van der Waals surface area (Å²) in [5.74, 6) is 0.188. The van der Waals surface area contributed by atoms with E-state index in [1.807, 2.05) is 6.07 Å². The third kappa shape index (κ3) is 1.76. The van der Waals surface area contributed by atoms with Crippen molar-refractivity contribution in [3.8, 4) is 5.75 Å². The number of nitrogens with zero attached hydrogens (tertiary/aromatic N) is 1. The molecule has 0 aromatic heterocycles. The van der Waals surface area contributed by atoms with E-state index in [1.165, 1.54) is 19.3 Å². The first kappa shape index (κ1) is 9.19. The fraction of sp³-hybridized carbons (Fsp3) is 0.455. The van der Waals surface area contributed by atoms with Crippen LogP contribution in [0.5, 0.6) is 5.75 Å². The monoisotopic (exact) mass is 192 g/mol. The fourth-order valence-corrected chi connectivity index (χ4v) is 1.88. The molecule has 0 aliphatic carbocycles. The van der Waals surface area contributed by atoms with Crippen LogP contribution in [0.25, 0.3) is 0 Å². The summed E-state index contributed by atoms with van der Waals surface area (Å²) in [4.78, 5) is 2.29. The molecule has 14 heavy (non-hydrogen) atoms. The molecule has 3 heteroatoms. The van der Waals surface area contributed by atoms with Crippen LogP contribution in [0.4, 0.5) is 11.4 Å². The number of phenols is 1. The average molecular weight is 192 g/mol. The standard InChI is InChI=1S/C11H16N2O/c12-10-5-4-9(8-11(10)14)13-6-2-1-3-7-13/h4-5,8,14H,1-3,6-7,12H2. The van der Waals surface area contributed by atoms with Gasteiger partial charge in [-0.15, -0.1) is 0 Å². The largest absolute Gasteiger partial charge is 0.506 e. The van der Waals surface area contributed by atoms with Gasteiger partial charge in [0.25, 0.3) is 0 Å². The van der Waals surface area contributed by atoms with Gasteiger partial charge in [-0.3, -0.25) is 0 Å². The summed E-state index contributed by atoms with van der Waals surface area (Å²) in [6.45, 7) is 2.17. The van der Waals surface area contributed by atoms with Gasteiger partial charge in [0, 0.05) is 24.8 Å². The molecule has 76 valence electrons. The lowest BCUT2D eigenvalue weighted by atomic mass is 10.1. The van der Waals surface area contributed by atoms with Crippen LogP contribution in [0.3, 0.4) is 0 Å². The molecular weight excluding hydrogens is 176 g/mol. The molecule has 1 heterocycles. The van der Waals surface area contributed by atoms with Gasteiger partial charge in [-0.05, 0) is 31.4 Å². The van der Waals surface area contributed by atoms with Crippen LogP contribution in [0.1, 0.15) is 19.3 Å². The van der Waals surface area contributed by atoms with Crippen molar-refractivity contribution in [3.05, 3.63) is 18.2 Å². The van der Waals surface area contributed by atoms with E-state index in [1.54, 1.807) is 12.1 Å². The minimum Gasteiger partial charge on any atom is -0.506 e. The number of piperidine rings is 1. The number of hydrogen-bond donors (Lipinski definition) is 2. The third-order valence-electron chi connectivity index (χ3n) is 2.74. The van der Waals surface area contributed by atoms with Crippen LogP contribution < -0.4 is 10.6 Å². The molecule has 1 aliphatic rings. The molecule has 1 aliphatic heterocycles. The smallest absolute Gasteiger partial charge is 0.140 e. The number of anilines is 2. The first-order valence-corrected chi connectivity index (χ1v) is 5.11. The van der Waals surface area contributed by atoms with Crippen LogP contribution in [-0.4, -0.2) is 18.2 Å². The van der Waals surface area contributed by atoms with Gasteiger partial charge in [0.05, 0.1) is 5.69 Å². The summed E-state index contributed by atoms with van der Waals surface area (Å²) in [5, 5.41) is 9.48. The van der Waals surface area contributed by atoms with Crippen LogP contribution in [0.2, 0.25) is 0 Å². The van der Waals surface area contributed by atoms with Gasteiger partial charge in [0.1, 0.15) is 5.75 Å². The number of aromatic hydroxyl groups is 1. The Balaban J connectivity index is 2.18. The van der Waals surface area contributed by atoms with Crippen molar-refractivity contribution >= 4 is 11.4 Å². The lowest BCUT2D eigenvalue weighted by molar-refractivity contribution is 0.477. The normalized spacial score (nSPS) is 17.0. The Hall–Kier alpha value is -1.38. The van der Waals surface area contributed by atoms with Crippen LogP contribution in [0.15, 0.2) is 18.2 Å². The van der Waals surface area contributed by atoms with E-state index in [0.717, 1.165) is 18.8 Å². The van der Waals surface area contributed by atoms with Crippen LogP contribution in [0, 0.1) is 0 Å². The molecule has 3 N–H and O–H groups in total. The van der Waals surface area contributed by atoms with Gasteiger partial charge < -0.3 is 15.7 Å². The van der Waals surface area contributed by atoms with Crippen molar-refractivity contribution in [3.63, 3.8) is 0 Å². The molecule has 0 saturated carbocycles. The third-order valence-corrected chi connectivity index (χ3v) is 2.74. The second-order valence-electron chi connectivity index (χ2n) is 3.79. The molecule has 1 saturated heterocycles. The van der Waals surface area contributed by atoms with E-state index < -0.39 is 0 Å². The summed E-state index contributed by atoms with van der Waals surface area (Å²) < 4.78 is 0. The first-order valence-electron chi connectivity index (χ1n) is 5.11. The van der Waals surface area contributed by atoms with Gasteiger partial charge in [-0.1, -0.05) is 0 Å². The molecule has 0 unspecified atom stereocenters. The van der Waals surface area contributed by atoms with Gasteiger partial charge in [0.15, 0.2) is 0 Å². The van der Waals surface area contributed by atoms with Gasteiger partial charge in [-0.25, -0.2) is 0 Å². The Bertz CT molecular complexity index is 319. The van der Waals surface area contributed by atoms with Crippen molar-refractivity contribution in [1.82, 2.24) is 0 Å². The predicted molar refractivity (Wildman–Crippen MR) is 58.6 cm³/mol. The van der Waals surface area contributed by atoms with Crippen molar-refractivity contribution in [2.24, 2.45) is 0 Å². The first-order chi connectivity index (χ1) is 6.77. The van der Waals surface area contributed by atoms with Crippen LogP contribution in [-0.2, 0) is 0 Å². The van der Waals surface area contributed by atoms with E-state index in [0.29, 0.717) is 5.69 Å². The number of nitrogen functional groups attached to an aromatic ring is 1. The summed E-state index contributed by atoms with van der Waals surface area (Å²) in [6, 6.07) is 5.49. The number of hydrogen-bond acceptors (Lipinski definition) is 3. The van der Waals surface area contributed by atoms with E-state index in [2.05, 4.69) is 4.90 Å². The topological polar surface area (TPSA) is 49.5 Å². The van der Waals surface area contributed by atoms with Crippen LogP contribution >= 0.6 is 0 Å². The molecule has 0 radical (unpaired) electrons. The second kappa shape index (κ2) is 3.78. The predicted octanol–water partition coefficient (Wildman–Crippen LogP) is 1.96. The number of nitrogens with two attached hydrogens (primary N) is 1. The SMILES string of the molecule is Nc1ccc(N2CCCCC2)cc1O. The molecule has 1 aromatic carbocycles. The number of phenolic OH excluding ortho intramolecular Hbond substituents is 1. The Morgan fingerprint density at radius 2 is 1.86 bits per heavy atom. The van der Waals surface area contributed by atoms with Gasteiger partial charge in [-0.2, -0.15) is 0 Å². The summed E-state index contributed by atoms with van der Waals surface area (Å²) in [5.41, 5.74) is 7.08. The van der Waals surface area contributed by atoms with Crippen molar-refractivity contribution in [1.29, 1.82) is 0 Å². The van der Waals surface area contributed by atoms with Gasteiger partial charge >= 0.3 is 0 Å². The Morgan fingerprint density at radius 1 is 1.14 bits per heavy atom. The highest BCUT2D eigenvalue weighted by Crippen LogP contribution is 2.27. The van der Waals surface area contributed by atoms with E-state index in [-0.39, 0.29) is 5.75 Å². The molecule has 1 fully saturated rings. The fourth-order valence-electron chi connectivity index (χ4n) is 1.88. The minimum absolute atomic E-state index is 0.188. The van der Waals surface area contributed by atoms with Crippen molar-refractivity contribution < 1.29 is 5.11 Å². The number of benzene rings is 1. The summed E-state index contributed by atoms with van der Waals surface area (Å²) in [6.07, 6.45) is 3.80. The van der Waals surface area contributed by atoms with E-state index >= 15 is 0 Å². The molecule has 0 amide bonds. The maximum absolute atomic E-state index is 9.48. The molecule has 0 bridgehead atoms. The highest BCUT2D eigenvalue weighted by atomic mass is 16.3. The Morgan fingerprint density at radius 3 is 2.50 bits per heavy atom. The van der Waals surface area contributed by atoms with E-state index in [4.69, 9.17) is 5.73 Å². The zero-order valence-corrected chi connectivity index (χ0v) is 8.24. The number of rotatable bonds is 1. The molecule has 3 nitrogen and oxygen atoms in total. The maximum Gasteiger partial charge on any atom is 0.140 e. The Kier molecular flexibility index (Phi) is 2.48. The summed E-state index contributed by atoms with van der Waals surface area (Å²) >= 11 is 0. The van der Waals surface area contributed by atoms with Gasteiger partial charge in [0.2, 0.25) is 0 Å². The molecule has 0 atom stereocenters. The Labute approximate surface area is 84.1 Å². The second-order valence-corrected chi connectivity index (χ2v) is 3.79. The quantitative estimate of drug-likeness (QED) is 0.528. The average Bonchev–Trinajstić information content (AvgIpc) is 2.23. The highest BCUT2D eigenvalue weighted by molar-refractivity contribution is 5.61. The van der Waals surface area contributed by atoms with E-state index in [9.17, 15) is 5.11 Å². The summed E-state index contributed by atoms with van der Waals surface area (Å²) in [7, 11) is 0. The zero-order valence-electron chi connectivity index (χ0n) is 8.24. The minimum atomic E-state index is 0.188. The lowest BCUT2D eigenvalue weighted by Gasteiger charge is -2.28. The highest BCUT2D eigenvalue weighted by Gasteiger charge is 2.11. The molecular formula is C11H16N2O. The van der Waals surface area contributed by atoms with Crippen molar-refractivity contribution in [2.45, 2.75) is 19.3 Å². The molecule has 1 aromatic rings. The van der Waals surface area contributed by atoms with Crippen molar-refractivity contribution in [2.75, 3.05) is 23.7 Å².